The second kappa shape index (κ2) is 13.9. The maximum atomic E-state index is 6.78. The molecule has 2 heteroatoms. The molecule has 0 N–H and O–H groups in total. The van der Waals surface area contributed by atoms with Gasteiger partial charge in [0.15, 0.2) is 0 Å². The van der Waals surface area contributed by atoms with E-state index in [-0.39, 0.29) is 0 Å². The SMILES string of the molecule is c1ccc(-c2c(-c3cccc(N(c4cccc(-c5ccc6ccccc6c5)c4)c4cccc5oc6c7ccccc7ccc6c45)c3)c3ccccc3c3ccccc23)cc1. The molecule has 12 rings (SSSR count). The van der Waals surface area contributed by atoms with E-state index < -0.39 is 0 Å². The van der Waals surface area contributed by atoms with E-state index in [9.17, 15) is 0 Å². The monoisotopic (exact) mass is 763 g/mol. The number of anilines is 3. The summed E-state index contributed by atoms with van der Waals surface area (Å²) in [5, 5.41) is 11.9. The summed E-state index contributed by atoms with van der Waals surface area (Å²) in [5.41, 5.74) is 12.1. The van der Waals surface area contributed by atoms with Gasteiger partial charge in [-0.15, -0.1) is 0 Å². The molecule has 11 aromatic carbocycles. The molecular formula is C58H37NO. The van der Waals surface area contributed by atoms with Gasteiger partial charge in [0.2, 0.25) is 0 Å². The van der Waals surface area contributed by atoms with E-state index in [1.54, 1.807) is 0 Å². The zero-order valence-corrected chi connectivity index (χ0v) is 32.7. The molecule has 1 heterocycles. The molecule has 0 amide bonds. The first-order valence-corrected chi connectivity index (χ1v) is 20.6. The average molecular weight is 764 g/mol. The van der Waals surface area contributed by atoms with Crippen molar-refractivity contribution in [1.82, 2.24) is 0 Å². The fourth-order valence-corrected chi connectivity index (χ4v) is 9.49. The van der Waals surface area contributed by atoms with Gasteiger partial charge in [-0.25, -0.2) is 0 Å². The molecule has 0 unspecified atom stereocenters. The minimum Gasteiger partial charge on any atom is -0.455 e. The van der Waals surface area contributed by atoms with Gasteiger partial charge < -0.3 is 9.32 Å². The van der Waals surface area contributed by atoms with Crippen LogP contribution in [-0.4, -0.2) is 0 Å². The molecule has 12 aromatic rings. The Hall–Kier alpha value is -7.94. The Balaban J connectivity index is 1.13. The lowest BCUT2D eigenvalue weighted by Crippen LogP contribution is -2.10. The van der Waals surface area contributed by atoms with Gasteiger partial charge in [0, 0.05) is 22.1 Å². The zero-order valence-electron chi connectivity index (χ0n) is 32.7. The summed E-state index contributed by atoms with van der Waals surface area (Å²) in [6.07, 6.45) is 0. The third kappa shape index (κ3) is 5.50. The summed E-state index contributed by atoms with van der Waals surface area (Å²) < 4.78 is 6.78. The number of benzene rings is 11. The van der Waals surface area contributed by atoms with Crippen LogP contribution in [0.3, 0.4) is 0 Å². The summed E-state index contributed by atoms with van der Waals surface area (Å²) in [4.78, 5) is 2.42. The van der Waals surface area contributed by atoms with Crippen molar-refractivity contribution in [3.05, 3.63) is 224 Å². The van der Waals surface area contributed by atoms with E-state index in [4.69, 9.17) is 4.42 Å². The minimum absolute atomic E-state index is 0.859. The standard InChI is InChI=1S/C58H37NO/c1-2-17-40(18-3-1)55-50-27-10-8-25-48(50)49-26-9-11-28-51(49)56(55)44-21-13-23-46(37-44)59(45-22-12-20-42(36-45)43-32-31-38-15-4-5-19-41(38)35-43)53-29-14-30-54-57(53)52-34-33-39-16-6-7-24-47(39)58(52)60-54/h1-37H. The van der Waals surface area contributed by atoms with Gasteiger partial charge in [0.05, 0.1) is 11.1 Å². The quantitative estimate of drug-likeness (QED) is 0.157. The Morgan fingerprint density at radius 3 is 1.58 bits per heavy atom. The van der Waals surface area contributed by atoms with Gasteiger partial charge in [-0.1, -0.05) is 176 Å². The Kier molecular flexibility index (Phi) is 7.89. The number of nitrogens with zero attached hydrogens (tertiary/aromatic N) is 1. The third-order valence-electron chi connectivity index (χ3n) is 12.2. The molecule has 2 nitrogen and oxygen atoms in total. The van der Waals surface area contributed by atoms with Crippen LogP contribution < -0.4 is 4.90 Å². The van der Waals surface area contributed by atoms with Crippen LogP contribution in [0.2, 0.25) is 0 Å². The topological polar surface area (TPSA) is 16.4 Å². The first kappa shape index (κ1) is 34.1. The van der Waals surface area contributed by atoms with E-state index in [0.717, 1.165) is 60.9 Å². The Morgan fingerprint density at radius 1 is 0.300 bits per heavy atom. The van der Waals surface area contributed by atoms with Crippen LogP contribution in [0.4, 0.5) is 17.1 Å². The molecule has 0 aliphatic carbocycles. The van der Waals surface area contributed by atoms with Crippen molar-refractivity contribution in [3.63, 3.8) is 0 Å². The highest BCUT2D eigenvalue weighted by Crippen LogP contribution is 2.48. The van der Waals surface area contributed by atoms with Crippen molar-refractivity contribution in [3.8, 4) is 33.4 Å². The Labute approximate surface area is 347 Å². The van der Waals surface area contributed by atoms with Crippen LogP contribution in [0.25, 0.3) is 98.4 Å². The lowest BCUT2D eigenvalue weighted by Gasteiger charge is -2.28. The van der Waals surface area contributed by atoms with Gasteiger partial charge in [-0.2, -0.15) is 0 Å². The molecule has 0 saturated carbocycles. The van der Waals surface area contributed by atoms with E-state index >= 15 is 0 Å². The minimum atomic E-state index is 0.859. The van der Waals surface area contributed by atoms with E-state index in [1.165, 1.54) is 54.6 Å². The number of furan rings is 1. The molecule has 0 saturated heterocycles. The molecule has 0 bridgehead atoms. The predicted molar refractivity (Wildman–Crippen MR) is 255 cm³/mol. The molecule has 280 valence electrons. The van der Waals surface area contributed by atoms with Gasteiger partial charge >= 0.3 is 0 Å². The smallest absolute Gasteiger partial charge is 0.143 e. The molecule has 60 heavy (non-hydrogen) atoms. The maximum absolute atomic E-state index is 6.78. The van der Waals surface area contributed by atoms with Crippen LogP contribution in [-0.2, 0) is 0 Å². The molecule has 0 radical (unpaired) electrons. The fraction of sp³-hybridized carbons (Fsp3) is 0. The highest BCUT2D eigenvalue weighted by Gasteiger charge is 2.23. The van der Waals surface area contributed by atoms with Gasteiger partial charge in [-0.05, 0) is 120 Å². The number of rotatable bonds is 6. The summed E-state index contributed by atoms with van der Waals surface area (Å²) in [6.45, 7) is 0. The molecular weight excluding hydrogens is 727 g/mol. The molecule has 0 spiro atoms. The van der Waals surface area contributed by atoms with Crippen molar-refractivity contribution >= 4 is 82.1 Å². The van der Waals surface area contributed by atoms with E-state index in [0.29, 0.717) is 0 Å². The molecule has 0 fully saturated rings. The third-order valence-corrected chi connectivity index (χ3v) is 12.2. The number of hydrogen-bond acceptors (Lipinski definition) is 2. The number of fused-ring (bicyclic) bond motifs is 9. The Morgan fingerprint density at radius 2 is 0.833 bits per heavy atom. The first-order valence-electron chi connectivity index (χ1n) is 20.6. The largest absolute Gasteiger partial charge is 0.455 e. The van der Waals surface area contributed by atoms with Crippen LogP contribution in [0.5, 0.6) is 0 Å². The lowest BCUT2D eigenvalue weighted by molar-refractivity contribution is 0.672. The van der Waals surface area contributed by atoms with Crippen molar-refractivity contribution in [2.24, 2.45) is 0 Å². The van der Waals surface area contributed by atoms with Crippen molar-refractivity contribution in [1.29, 1.82) is 0 Å². The average Bonchev–Trinajstić information content (AvgIpc) is 3.72. The van der Waals surface area contributed by atoms with Crippen molar-refractivity contribution < 1.29 is 4.42 Å². The van der Waals surface area contributed by atoms with E-state index in [1.807, 2.05) is 0 Å². The maximum Gasteiger partial charge on any atom is 0.143 e. The summed E-state index contributed by atoms with van der Waals surface area (Å²) >= 11 is 0. The number of hydrogen-bond donors (Lipinski definition) is 0. The highest BCUT2D eigenvalue weighted by atomic mass is 16.3. The van der Waals surface area contributed by atoms with Gasteiger partial charge in [0.1, 0.15) is 11.2 Å². The normalized spacial score (nSPS) is 11.7. The second-order valence-corrected chi connectivity index (χ2v) is 15.6. The fourth-order valence-electron chi connectivity index (χ4n) is 9.49. The molecule has 0 atom stereocenters. The van der Waals surface area contributed by atoms with Gasteiger partial charge in [-0.3, -0.25) is 0 Å². The van der Waals surface area contributed by atoms with Crippen LogP contribution >= 0.6 is 0 Å². The molecule has 1 aromatic heterocycles. The van der Waals surface area contributed by atoms with E-state index in [2.05, 4.69) is 229 Å². The highest BCUT2D eigenvalue weighted by molar-refractivity contribution is 6.22. The van der Waals surface area contributed by atoms with Crippen molar-refractivity contribution in [2.75, 3.05) is 4.90 Å². The molecule has 0 aliphatic rings. The van der Waals surface area contributed by atoms with Crippen LogP contribution in [0.1, 0.15) is 0 Å². The Bertz CT molecular complexity index is 3620. The van der Waals surface area contributed by atoms with Crippen LogP contribution in [0.15, 0.2) is 229 Å². The van der Waals surface area contributed by atoms with Crippen molar-refractivity contribution in [2.45, 2.75) is 0 Å². The second-order valence-electron chi connectivity index (χ2n) is 15.6. The lowest BCUT2D eigenvalue weighted by atomic mass is 9.85. The molecule has 0 aliphatic heterocycles. The first-order chi connectivity index (χ1) is 29.8. The predicted octanol–water partition coefficient (Wildman–Crippen LogP) is 16.7. The van der Waals surface area contributed by atoms with Crippen LogP contribution in [0, 0.1) is 0 Å². The summed E-state index contributed by atoms with van der Waals surface area (Å²) in [5.74, 6) is 0. The zero-order chi connectivity index (χ0) is 39.6. The summed E-state index contributed by atoms with van der Waals surface area (Å²) in [6, 6.07) is 81.3. The van der Waals surface area contributed by atoms with Gasteiger partial charge in [0.25, 0.3) is 0 Å². The summed E-state index contributed by atoms with van der Waals surface area (Å²) in [7, 11) is 0.